The molecule has 3 heteroatoms. The van der Waals surface area contributed by atoms with Gasteiger partial charge in [0.25, 0.3) is 0 Å². The number of hydrogen-bond donors (Lipinski definition) is 2. The molecule has 0 aromatic heterocycles. The number of hydrogen-bond acceptors (Lipinski definition) is 2. The molecule has 2 atom stereocenters. The van der Waals surface area contributed by atoms with E-state index >= 15 is 0 Å². The van der Waals surface area contributed by atoms with Crippen molar-refractivity contribution in [3.8, 4) is 0 Å². The fourth-order valence-corrected chi connectivity index (χ4v) is 1.21. The molecule has 0 bridgehead atoms. The number of rotatable bonds is 6. The molecule has 2 unspecified atom stereocenters. The second-order valence-electron chi connectivity index (χ2n) is 3.70. The van der Waals surface area contributed by atoms with Gasteiger partial charge in [-0.2, -0.15) is 0 Å². The third-order valence-electron chi connectivity index (χ3n) is 2.34. The van der Waals surface area contributed by atoms with Gasteiger partial charge in [0.1, 0.15) is 0 Å². The van der Waals surface area contributed by atoms with Crippen LogP contribution in [0.25, 0.3) is 0 Å². The van der Waals surface area contributed by atoms with Gasteiger partial charge < -0.3 is 10.6 Å². The Morgan fingerprint density at radius 1 is 1.38 bits per heavy atom. The van der Waals surface area contributed by atoms with Crippen LogP contribution in [0.4, 0.5) is 0 Å². The summed E-state index contributed by atoms with van der Waals surface area (Å²) >= 11 is 0. The maximum Gasteiger partial charge on any atom is 0.233 e. The van der Waals surface area contributed by atoms with Crippen molar-refractivity contribution in [3.05, 3.63) is 0 Å². The Morgan fingerprint density at radius 2 is 2.00 bits per heavy atom. The summed E-state index contributed by atoms with van der Waals surface area (Å²) < 4.78 is 0. The lowest BCUT2D eigenvalue weighted by Gasteiger charge is -2.16. The molecule has 0 aromatic rings. The van der Waals surface area contributed by atoms with E-state index in [0.717, 1.165) is 12.3 Å². The minimum atomic E-state index is 0.0519. The monoisotopic (exact) mass is 186 g/mol. The molecule has 0 rings (SSSR count). The quantitative estimate of drug-likeness (QED) is 0.653. The van der Waals surface area contributed by atoms with Gasteiger partial charge in [-0.3, -0.25) is 4.79 Å². The van der Waals surface area contributed by atoms with Crippen molar-refractivity contribution in [2.45, 2.75) is 39.7 Å². The van der Waals surface area contributed by atoms with E-state index < -0.39 is 0 Å². The maximum absolute atomic E-state index is 10.9. The van der Waals surface area contributed by atoms with Gasteiger partial charge in [-0.1, -0.05) is 20.3 Å². The highest BCUT2D eigenvalue weighted by molar-refractivity contribution is 5.77. The summed E-state index contributed by atoms with van der Waals surface area (Å²) in [5.41, 5.74) is 0. The summed E-state index contributed by atoms with van der Waals surface area (Å²) in [6, 6.07) is 0.423. The molecule has 0 aliphatic carbocycles. The van der Waals surface area contributed by atoms with Crippen LogP contribution in [0.15, 0.2) is 0 Å². The van der Waals surface area contributed by atoms with E-state index in [2.05, 4.69) is 31.4 Å². The Bertz CT molecular complexity index is 148. The van der Waals surface area contributed by atoms with E-state index in [4.69, 9.17) is 0 Å². The standard InChI is InChI=1S/C10H22N2O/c1-5-8(2)6-9(3)12-7-10(13)11-4/h8-9,12H,5-7H2,1-4H3,(H,11,13). The molecular formula is C10H22N2O. The van der Waals surface area contributed by atoms with Crippen molar-refractivity contribution in [2.24, 2.45) is 5.92 Å². The van der Waals surface area contributed by atoms with Gasteiger partial charge in [0.2, 0.25) is 5.91 Å². The lowest BCUT2D eigenvalue weighted by Crippen LogP contribution is -2.37. The van der Waals surface area contributed by atoms with Gasteiger partial charge in [0.15, 0.2) is 0 Å². The van der Waals surface area contributed by atoms with Crippen LogP contribution >= 0.6 is 0 Å². The number of nitrogens with one attached hydrogen (secondary N) is 2. The lowest BCUT2D eigenvalue weighted by atomic mass is 10.0. The first-order valence-corrected chi connectivity index (χ1v) is 5.04. The minimum Gasteiger partial charge on any atom is -0.358 e. The van der Waals surface area contributed by atoms with E-state index in [0.29, 0.717) is 12.6 Å². The van der Waals surface area contributed by atoms with Crippen molar-refractivity contribution in [1.29, 1.82) is 0 Å². The summed E-state index contributed by atoms with van der Waals surface area (Å²) in [7, 11) is 1.66. The van der Waals surface area contributed by atoms with E-state index in [-0.39, 0.29) is 5.91 Å². The molecule has 0 fully saturated rings. The Kier molecular flexibility index (Phi) is 6.59. The fourth-order valence-electron chi connectivity index (χ4n) is 1.21. The summed E-state index contributed by atoms with van der Waals surface area (Å²) in [6.45, 7) is 6.97. The third kappa shape index (κ3) is 6.58. The fraction of sp³-hybridized carbons (Fsp3) is 0.900. The summed E-state index contributed by atoms with van der Waals surface area (Å²) in [5, 5.41) is 5.77. The average Bonchev–Trinajstić information content (AvgIpc) is 2.13. The molecule has 0 spiro atoms. The molecule has 13 heavy (non-hydrogen) atoms. The van der Waals surface area contributed by atoms with Gasteiger partial charge in [0, 0.05) is 13.1 Å². The summed E-state index contributed by atoms with van der Waals surface area (Å²) in [5.74, 6) is 0.781. The Balaban J connectivity index is 3.50. The van der Waals surface area contributed by atoms with Gasteiger partial charge >= 0.3 is 0 Å². The molecule has 0 aliphatic rings. The van der Waals surface area contributed by atoms with Crippen LogP contribution in [0.1, 0.15) is 33.6 Å². The van der Waals surface area contributed by atoms with Crippen LogP contribution in [0.3, 0.4) is 0 Å². The van der Waals surface area contributed by atoms with Crippen LogP contribution in [-0.4, -0.2) is 25.5 Å². The second-order valence-corrected chi connectivity index (χ2v) is 3.70. The zero-order valence-electron chi connectivity index (χ0n) is 9.18. The number of likely N-dealkylation sites (N-methyl/N-ethyl adjacent to an activating group) is 1. The molecular weight excluding hydrogens is 164 g/mol. The normalized spacial score (nSPS) is 15.1. The Labute approximate surface area is 81.3 Å². The smallest absolute Gasteiger partial charge is 0.233 e. The van der Waals surface area contributed by atoms with Gasteiger partial charge in [0.05, 0.1) is 6.54 Å². The molecule has 1 amide bonds. The Hall–Kier alpha value is -0.570. The van der Waals surface area contributed by atoms with Crippen LogP contribution in [0, 0.1) is 5.92 Å². The SMILES string of the molecule is CCC(C)CC(C)NCC(=O)NC. The zero-order valence-corrected chi connectivity index (χ0v) is 9.18. The van der Waals surface area contributed by atoms with Crippen molar-refractivity contribution in [1.82, 2.24) is 10.6 Å². The molecule has 0 saturated carbocycles. The highest BCUT2D eigenvalue weighted by Gasteiger charge is 2.07. The molecule has 0 heterocycles. The van der Waals surface area contributed by atoms with Gasteiger partial charge in [-0.05, 0) is 19.3 Å². The number of carbonyl (C=O) groups excluding carboxylic acids is 1. The summed E-state index contributed by atoms with van der Waals surface area (Å²) in [6.07, 6.45) is 2.33. The lowest BCUT2D eigenvalue weighted by molar-refractivity contribution is -0.119. The zero-order chi connectivity index (χ0) is 10.3. The molecule has 0 aliphatic heterocycles. The van der Waals surface area contributed by atoms with Crippen LogP contribution in [-0.2, 0) is 4.79 Å². The largest absolute Gasteiger partial charge is 0.358 e. The molecule has 0 radical (unpaired) electrons. The van der Waals surface area contributed by atoms with Gasteiger partial charge in [-0.25, -0.2) is 0 Å². The Morgan fingerprint density at radius 3 is 2.46 bits per heavy atom. The summed E-state index contributed by atoms with van der Waals surface area (Å²) in [4.78, 5) is 10.9. The predicted molar refractivity (Wildman–Crippen MR) is 55.6 cm³/mol. The number of carbonyl (C=O) groups is 1. The third-order valence-corrected chi connectivity index (χ3v) is 2.34. The number of amides is 1. The molecule has 78 valence electrons. The minimum absolute atomic E-state index is 0.0519. The van der Waals surface area contributed by atoms with E-state index in [1.165, 1.54) is 6.42 Å². The van der Waals surface area contributed by atoms with Crippen LogP contribution in [0.5, 0.6) is 0 Å². The van der Waals surface area contributed by atoms with Crippen molar-refractivity contribution >= 4 is 5.91 Å². The topological polar surface area (TPSA) is 41.1 Å². The molecule has 2 N–H and O–H groups in total. The van der Waals surface area contributed by atoms with E-state index in [1.54, 1.807) is 7.05 Å². The first-order chi connectivity index (χ1) is 6.10. The van der Waals surface area contributed by atoms with Crippen LogP contribution in [0.2, 0.25) is 0 Å². The maximum atomic E-state index is 10.9. The van der Waals surface area contributed by atoms with Gasteiger partial charge in [-0.15, -0.1) is 0 Å². The van der Waals surface area contributed by atoms with Crippen molar-refractivity contribution in [3.63, 3.8) is 0 Å². The molecule has 0 aromatic carbocycles. The van der Waals surface area contributed by atoms with E-state index in [1.807, 2.05) is 0 Å². The first kappa shape index (κ1) is 12.4. The molecule has 0 saturated heterocycles. The van der Waals surface area contributed by atoms with Crippen molar-refractivity contribution < 1.29 is 4.79 Å². The highest BCUT2D eigenvalue weighted by atomic mass is 16.1. The molecule has 3 nitrogen and oxygen atoms in total. The first-order valence-electron chi connectivity index (χ1n) is 5.04. The highest BCUT2D eigenvalue weighted by Crippen LogP contribution is 2.08. The second kappa shape index (κ2) is 6.89. The average molecular weight is 186 g/mol. The predicted octanol–water partition coefficient (Wildman–Crippen LogP) is 1.15. The van der Waals surface area contributed by atoms with Crippen molar-refractivity contribution in [2.75, 3.05) is 13.6 Å². The van der Waals surface area contributed by atoms with Crippen LogP contribution < -0.4 is 10.6 Å². The van der Waals surface area contributed by atoms with E-state index in [9.17, 15) is 4.79 Å².